The highest BCUT2D eigenvalue weighted by molar-refractivity contribution is 5.98. The molecule has 29 heavy (non-hydrogen) atoms. The van der Waals surface area contributed by atoms with E-state index in [9.17, 15) is 14.4 Å². The fourth-order valence-electron chi connectivity index (χ4n) is 3.57. The molecule has 2 aromatic rings. The van der Waals surface area contributed by atoms with Crippen molar-refractivity contribution in [1.29, 1.82) is 0 Å². The smallest absolute Gasteiger partial charge is 0.337 e. The molecule has 3 rings (SSSR count). The van der Waals surface area contributed by atoms with E-state index >= 15 is 0 Å². The number of amides is 2. The minimum Gasteiger partial charge on any atom is -0.465 e. The van der Waals surface area contributed by atoms with E-state index in [0.29, 0.717) is 37.3 Å². The molecule has 0 spiro atoms. The van der Waals surface area contributed by atoms with E-state index in [1.165, 1.54) is 7.11 Å². The van der Waals surface area contributed by atoms with Gasteiger partial charge in [0.1, 0.15) is 0 Å². The van der Waals surface area contributed by atoms with Crippen LogP contribution in [0.15, 0.2) is 54.6 Å². The van der Waals surface area contributed by atoms with E-state index in [4.69, 9.17) is 4.74 Å². The van der Waals surface area contributed by atoms with Crippen molar-refractivity contribution >= 4 is 17.8 Å². The Morgan fingerprint density at radius 3 is 2.03 bits per heavy atom. The van der Waals surface area contributed by atoms with Gasteiger partial charge in [-0.3, -0.25) is 9.59 Å². The summed E-state index contributed by atoms with van der Waals surface area (Å²) in [7, 11) is 1.31. The van der Waals surface area contributed by atoms with Crippen molar-refractivity contribution in [2.75, 3.05) is 33.3 Å². The molecular formula is C23H26N2O4. The maximum Gasteiger partial charge on any atom is 0.337 e. The third-order valence-corrected chi connectivity index (χ3v) is 5.41. The van der Waals surface area contributed by atoms with Gasteiger partial charge in [-0.25, -0.2) is 4.79 Å². The van der Waals surface area contributed by atoms with Crippen LogP contribution in [0.4, 0.5) is 0 Å². The van der Waals surface area contributed by atoms with Crippen molar-refractivity contribution in [1.82, 2.24) is 9.80 Å². The number of ether oxygens (including phenoxy) is 1. The van der Waals surface area contributed by atoms with E-state index in [1.807, 2.05) is 49.1 Å². The lowest BCUT2D eigenvalue weighted by Crippen LogP contribution is -2.54. The predicted molar refractivity (Wildman–Crippen MR) is 110 cm³/mol. The van der Waals surface area contributed by atoms with Gasteiger partial charge in [-0.05, 0) is 37.6 Å². The summed E-state index contributed by atoms with van der Waals surface area (Å²) in [6.07, 6.45) is 0. The van der Waals surface area contributed by atoms with Gasteiger partial charge < -0.3 is 14.5 Å². The molecule has 0 N–H and O–H groups in total. The Morgan fingerprint density at radius 1 is 0.828 bits per heavy atom. The summed E-state index contributed by atoms with van der Waals surface area (Å²) in [6.45, 7) is 5.74. The normalized spacial score (nSPS) is 14.4. The second-order valence-corrected chi connectivity index (χ2v) is 7.65. The second kappa shape index (κ2) is 8.47. The predicted octanol–water partition coefficient (Wildman–Crippen LogP) is 2.74. The number of hydrogen-bond donors (Lipinski definition) is 0. The average Bonchev–Trinajstić information content (AvgIpc) is 2.78. The molecule has 1 heterocycles. The minimum absolute atomic E-state index is 0.0588. The summed E-state index contributed by atoms with van der Waals surface area (Å²) in [5.74, 6) is -0.563. The molecule has 6 nitrogen and oxygen atoms in total. The van der Waals surface area contributed by atoms with Gasteiger partial charge in [0.2, 0.25) is 5.91 Å². The molecule has 152 valence electrons. The van der Waals surface area contributed by atoms with E-state index in [0.717, 1.165) is 5.56 Å². The lowest BCUT2D eigenvalue weighted by Gasteiger charge is -2.38. The number of carbonyl (C=O) groups excluding carboxylic acids is 3. The Balaban J connectivity index is 1.65. The first-order valence-electron chi connectivity index (χ1n) is 9.67. The Kier molecular flexibility index (Phi) is 6.01. The number of esters is 1. The van der Waals surface area contributed by atoms with Crippen molar-refractivity contribution in [2.24, 2.45) is 0 Å². The fourth-order valence-corrected chi connectivity index (χ4v) is 3.57. The van der Waals surface area contributed by atoms with Crippen LogP contribution in [0, 0.1) is 0 Å². The quantitative estimate of drug-likeness (QED) is 0.748. The Morgan fingerprint density at radius 2 is 1.41 bits per heavy atom. The second-order valence-electron chi connectivity index (χ2n) is 7.65. The van der Waals surface area contributed by atoms with Crippen LogP contribution in [0.1, 0.15) is 40.1 Å². The van der Waals surface area contributed by atoms with Gasteiger partial charge in [0.05, 0.1) is 18.1 Å². The van der Waals surface area contributed by atoms with Gasteiger partial charge in [-0.15, -0.1) is 0 Å². The maximum absolute atomic E-state index is 13.1. The molecule has 1 saturated heterocycles. The minimum atomic E-state index is -0.623. The molecule has 0 aliphatic carbocycles. The Labute approximate surface area is 171 Å². The summed E-state index contributed by atoms with van der Waals surface area (Å²) in [5.41, 5.74) is 1.14. The Bertz CT molecular complexity index is 900. The van der Waals surface area contributed by atoms with Crippen LogP contribution in [0.25, 0.3) is 0 Å². The van der Waals surface area contributed by atoms with Crippen LogP contribution in [0.5, 0.6) is 0 Å². The fraction of sp³-hybridized carbons (Fsp3) is 0.348. The van der Waals surface area contributed by atoms with Crippen molar-refractivity contribution in [3.8, 4) is 0 Å². The zero-order chi connectivity index (χ0) is 21.0. The molecular weight excluding hydrogens is 368 g/mol. The van der Waals surface area contributed by atoms with Crippen molar-refractivity contribution in [2.45, 2.75) is 19.3 Å². The summed E-state index contributed by atoms with van der Waals surface area (Å²) < 4.78 is 4.72. The molecule has 1 aliphatic rings. The summed E-state index contributed by atoms with van der Waals surface area (Å²) in [4.78, 5) is 41.2. The molecule has 1 fully saturated rings. The van der Waals surface area contributed by atoms with E-state index < -0.39 is 11.4 Å². The van der Waals surface area contributed by atoms with Crippen LogP contribution in [0.3, 0.4) is 0 Å². The third-order valence-electron chi connectivity index (χ3n) is 5.41. The molecule has 2 amide bonds. The zero-order valence-electron chi connectivity index (χ0n) is 17.1. The maximum atomic E-state index is 13.1. The lowest BCUT2D eigenvalue weighted by molar-refractivity contribution is -0.137. The molecule has 0 unspecified atom stereocenters. The van der Waals surface area contributed by atoms with Gasteiger partial charge in [-0.2, -0.15) is 0 Å². The van der Waals surface area contributed by atoms with Gasteiger partial charge in [0, 0.05) is 31.7 Å². The zero-order valence-corrected chi connectivity index (χ0v) is 17.1. The largest absolute Gasteiger partial charge is 0.465 e. The number of piperazine rings is 1. The van der Waals surface area contributed by atoms with Crippen molar-refractivity contribution < 1.29 is 19.1 Å². The number of benzene rings is 2. The standard InChI is InChI=1S/C23H26N2O4/c1-23(2,19-10-5-4-6-11-19)22(28)25-14-12-24(13-15-25)20(26)17-8-7-9-18(16-17)21(27)29-3/h4-11,16H,12-15H2,1-3H3. The van der Waals surface area contributed by atoms with Crippen molar-refractivity contribution in [3.63, 3.8) is 0 Å². The molecule has 6 heteroatoms. The van der Waals surface area contributed by atoms with E-state index in [-0.39, 0.29) is 11.8 Å². The number of carbonyl (C=O) groups is 3. The monoisotopic (exact) mass is 394 g/mol. The number of nitrogens with zero attached hydrogens (tertiary/aromatic N) is 2. The van der Waals surface area contributed by atoms with Crippen LogP contribution in [-0.4, -0.2) is 60.9 Å². The summed E-state index contributed by atoms with van der Waals surface area (Å²) in [6, 6.07) is 16.2. The summed E-state index contributed by atoms with van der Waals surface area (Å²) in [5, 5.41) is 0. The first-order chi connectivity index (χ1) is 13.8. The van der Waals surface area contributed by atoms with Crippen molar-refractivity contribution in [3.05, 3.63) is 71.3 Å². The molecule has 0 radical (unpaired) electrons. The molecule has 1 aliphatic heterocycles. The molecule has 2 aromatic carbocycles. The highest BCUT2D eigenvalue weighted by Gasteiger charge is 2.35. The number of hydrogen-bond acceptors (Lipinski definition) is 4. The highest BCUT2D eigenvalue weighted by Crippen LogP contribution is 2.26. The van der Waals surface area contributed by atoms with Crippen LogP contribution < -0.4 is 0 Å². The van der Waals surface area contributed by atoms with E-state index in [2.05, 4.69) is 0 Å². The number of methoxy groups -OCH3 is 1. The van der Waals surface area contributed by atoms with Gasteiger partial charge in [-0.1, -0.05) is 36.4 Å². The first kappa shape index (κ1) is 20.6. The third kappa shape index (κ3) is 4.31. The van der Waals surface area contributed by atoms with Gasteiger partial charge >= 0.3 is 5.97 Å². The van der Waals surface area contributed by atoms with Gasteiger partial charge in [0.15, 0.2) is 0 Å². The highest BCUT2D eigenvalue weighted by atomic mass is 16.5. The SMILES string of the molecule is COC(=O)c1cccc(C(=O)N2CCN(C(=O)C(C)(C)c3ccccc3)CC2)c1. The number of rotatable bonds is 4. The molecule has 0 saturated carbocycles. The first-order valence-corrected chi connectivity index (χ1v) is 9.67. The van der Waals surface area contributed by atoms with Gasteiger partial charge in [0.25, 0.3) is 5.91 Å². The molecule has 0 atom stereocenters. The average molecular weight is 394 g/mol. The molecule has 0 aromatic heterocycles. The van der Waals surface area contributed by atoms with Crippen LogP contribution in [-0.2, 0) is 14.9 Å². The summed E-state index contributed by atoms with van der Waals surface area (Å²) >= 11 is 0. The topological polar surface area (TPSA) is 66.9 Å². The lowest BCUT2D eigenvalue weighted by atomic mass is 9.83. The Hall–Kier alpha value is -3.15. The van der Waals surface area contributed by atoms with Crippen LogP contribution >= 0.6 is 0 Å². The molecule has 0 bridgehead atoms. The van der Waals surface area contributed by atoms with E-state index in [1.54, 1.807) is 29.2 Å². The van der Waals surface area contributed by atoms with Crippen LogP contribution in [0.2, 0.25) is 0 Å².